The van der Waals surface area contributed by atoms with Crippen molar-refractivity contribution in [3.63, 3.8) is 0 Å². The largest absolute Gasteiger partial charge is 0.383 e. The summed E-state index contributed by atoms with van der Waals surface area (Å²) in [5.41, 5.74) is 1.99. The second-order valence-electron chi connectivity index (χ2n) is 2.92. The van der Waals surface area contributed by atoms with E-state index in [0.717, 1.165) is 23.1 Å². The van der Waals surface area contributed by atoms with E-state index in [1.54, 1.807) is 7.11 Å². The first-order valence-electron chi connectivity index (χ1n) is 4.43. The van der Waals surface area contributed by atoms with Crippen molar-refractivity contribution in [1.82, 2.24) is 14.7 Å². The number of ether oxygens (including phenoxy) is 1. The van der Waals surface area contributed by atoms with Crippen LogP contribution in [0.4, 0.5) is 0 Å². The Morgan fingerprint density at radius 2 is 2.00 bits per heavy atom. The molecule has 1 heterocycles. The molecule has 0 aliphatic rings. The Hall–Kier alpha value is -0.650. The second kappa shape index (κ2) is 5.95. The van der Waals surface area contributed by atoms with Crippen molar-refractivity contribution >= 4 is 11.9 Å². The van der Waals surface area contributed by atoms with Gasteiger partial charge in [0.25, 0.3) is 0 Å². The zero-order chi connectivity index (χ0) is 10.4. The maximum atomic E-state index is 4.91. The van der Waals surface area contributed by atoms with Crippen LogP contribution in [0.3, 0.4) is 0 Å². The molecule has 0 unspecified atom stereocenters. The van der Waals surface area contributed by atoms with Crippen molar-refractivity contribution < 1.29 is 4.74 Å². The van der Waals surface area contributed by atoms with Crippen LogP contribution in [0.1, 0.15) is 11.4 Å². The second-order valence-corrected chi connectivity index (χ2v) is 3.78. The molecule has 0 aliphatic carbocycles. The minimum absolute atomic E-state index is 0.692. The van der Waals surface area contributed by atoms with Gasteiger partial charge in [-0.2, -0.15) is 0 Å². The lowest BCUT2D eigenvalue weighted by Crippen LogP contribution is -2.12. The first kappa shape index (κ1) is 11.4. The zero-order valence-electron chi connectivity index (χ0n) is 8.70. The van der Waals surface area contributed by atoms with Gasteiger partial charge in [0.1, 0.15) is 0 Å². The number of hydrogen-bond donors (Lipinski definition) is 1. The van der Waals surface area contributed by atoms with Crippen LogP contribution in [0.2, 0.25) is 0 Å². The van der Waals surface area contributed by atoms with Gasteiger partial charge in [0.05, 0.1) is 6.61 Å². The molecule has 4 nitrogen and oxygen atoms in total. The highest BCUT2D eigenvalue weighted by Gasteiger charge is 1.99. The molecule has 1 aromatic rings. The van der Waals surface area contributed by atoms with Crippen LogP contribution in [0.5, 0.6) is 0 Å². The molecule has 0 spiro atoms. The van der Waals surface area contributed by atoms with Crippen molar-refractivity contribution in [1.29, 1.82) is 0 Å². The Morgan fingerprint density at radius 3 is 2.57 bits per heavy atom. The van der Waals surface area contributed by atoms with Crippen LogP contribution < -0.4 is 4.72 Å². The van der Waals surface area contributed by atoms with Gasteiger partial charge >= 0.3 is 0 Å². The summed E-state index contributed by atoms with van der Waals surface area (Å²) in [6, 6.07) is 1.96. The van der Waals surface area contributed by atoms with Crippen LogP contribution >= 0.6 is 11.9 Å². The number of aromatic nitrogens is 2. The van der Waals surface area contributed by atoms with Crippen molar-refractivity contribution in [3.05, 3.63) is 17.5 Å². The summed E-state index contributed by atoms with van der Waals surface area (Å²) >= 11 is 1.44. The SMILES string of the molecule is COCCNSc1nc(C)cc(C)n1. The molecule has 0 atom stereocenters. The van der Waals surface area contributed by atoms with Crippen molar-refractivity contribution in [2.45, 2.75) is 19.0 Å². The highest BCUT2D eigenvalue weighted by Crippen LogP contribution is 2.09. The third kappa shape index (κ3) is 4.04. The van der Waals surface area contributed by atoms with E-state index < -0.39 is 0 Å². The molecule has 5 heteroatoms. The summed E-state index contributed by atoms with van der Waals surface area (Å²) in [4.78, 5) is 8.56. The predicted octanol–water partition coefficient (Wildman–Crippen LogP) is 1.34. The molecule has 0 saturated carbocycles. The maximum absolute atomic E-state index is 4.91. The molecular weight excluding hydrogens is 198 g/mol. The Kier molecular flexibility index (Phi) is 4.86. The van der Waals surface area contributed by atoms with E-state index in [2.05, 4.69) is 14.7 Å². The van der Waals surface area contributed by atoms with Gasteiger partial charge in [-0.15, -0.1) is 0 Å². The van der Waals surface area contributed by atoms with Crippen LogP contribution in [0, 0.1) is 13.8 Å². The summed E-state index contributed by atoms with van der Waals surface area (Å²) in [6.07, 6.45) is 0. The highest BCUT2D eigenvalue weighted by atomic mass is 32.2. The minimum Gasteiger partial charge on any atom is -0.383 e. The van der Waals surface area contributed by atoms with Crippen molar-refractivity contribution in [2.75, 3.05) is 20.3 Å². The quantitative estimate of drug-likeness (QED) is 0.454. The van der Waals surface area contributed by atoms with Gasteiger partial charge in [-0.25, -0.2) is 9.97 Å². The first-order chi connectivity index (χ1) is 6.72. The molecule has 14 heavy (non-hydrogen) atoms. The number of nitrogens with one attached hydrogen (secondary N) is 1. The van der Waals surface area contributed by atoms with Gasteiger partial charge in [-0.1, -0.05) is 0 Å². The van der Waals surface area contributed by atoms with Gasteiger partial charge in [-0.05, 0) is 31.9 Å². The maximum Gasteiger partial charge on any atom is 0.203 e. The van der Waals surface area contributed by atoms with Crippen LogP contribution in [-0.2, 0) is 4.74 Å². The third-order valence-corrected chi connectivity index (χ3v) is 2.25. The first-order valence-corrected chi connectivity index (χ1v) is 5.25. The minimum atomic E-state index is 0.692. The molecule has 0 bridgehead atoms. The lowest BCUT2D eigenvalue weighted by Gasteiger charge is -2.03. The molecule has 0 saturated heterocycles. The number of hydrogen-bond acceptors (Lipinski definition) is 5. The molecule has 1 aromatic heterocycles. The molecular formula is C9H15N3OS. The van der Waals surface area contributed by atoms with Gasteiger partial charge in [0.2, 0.25) is 5.16 Å². The van der Waals surface area contributed by atoms with E-state index in [1.165, 1.54) is 11.9 Å². The summed E-state index contributed by atoms with van der Waals surface area (Å²) in [6.45, 7) is 5.41. The Labute approximate surface area is 88.6 Å². The average Bonchev–Trinajstić information content (AvgIpc) is 2.11. The van der Waals surface area contributed by atoms with E-state index in [0.29, 0.717) is 6.61 Å². The van der Waals surface area contributed by atoms with Gasteiger partial charge < -0.3 is 4.74 Å². The van der Waals surface area contributed by atoms with Gasteiger partial charge in [0, 0.05) is 25.0 Å². The molecule has 0 aromatic carbocycles. The van der Waals surface area contributed by atoms with Crippen LogP contribution in [0.15, 0.2) is 11.2 Å². The monoisotopic (exact) mass is 213 g/mol. The number of nitrogens with zero attached hydrogens (tertiary/aromatic N) is 2. The Balaban J connectivity index is 2.42. The van der Waals surface area contributed by atoms with Crippen molar-refractivity contribution in [2.24, 2.45) is 0 Å². The molecule has 0 aliphatic heterocycles. The summed E-state index contributed by atoms with van der Waals surface area (Å²) in [5, 5.41) is 0.763. The lowest BCUT2D eigenvalue weighted by atomic mass is 10.4. The summed E-state index contributed by atoms with van der Waals surface area (Å²) < 4.78 is 8.03. The predicted molar refractivity (Wildman–Crippen MR) is 57.2 cm³/mol. The number of aryl methyl sites for hydroxylation is 2. The topological polar surface area (TPSA) is 47.0 Å². The molecule has 0 radical (unpaired) electrons. The Morgan fingerprint density at radius 1 is 1.36 bits per heavy atom. The van der Waals surface area contributed by atoms with E-state index >= 15 is 0 Å². The number of methoxy groups -OCH3 is 1. The Bertz CT molecular complexity index is 273. The van der Waals surface area contributed by atoms with E-state index in [1.807, 2.05) is 19.9 Å². The fourth-order valence-corrected chi connectivity index (χ4v) is 1.69. The van der Waals surface area contributed by atoms with Gasteiger partial charge in [-0.3, -0.25) is 4.72 Å². The fraction of sp³-hybridized carbons (Fsp3) is 0.556. The summed E-state index contributed by atoms with van der Waals surface area (Å²) in [7, 11) is 1.68. The molecule has 78 valence electrons. The average molecular weight is 213 g/mol. The standard InChI is InChI=1S/C9H15N3OS/c1-7-6-8(2)12-9(11-7)14-10-4-5-13-3/h6,10H,4-5H2,1-3H3. The van der Waals surface area contributed by atoms with Crippen molar-refractivity contribution in [3.8, 4) is 0 Å². The third-order valence-electron chi connectivity index (χ3n) is 1.53. The molecule has 1 N–H and O–H groups in total. The fourth-order valence-electron chi connectivity index (χ4n) is 0.999. The summed E-state index contributed by atoms with van der Waals surface area (Å²) in [5.74, 6) is 0. The van der Waals surface area contributed by atoms with E-state index in [9.17, 15) is 0 Å². The molecule has 1 rings (SSSR count). The molecule has 0 fully saturated rings. The van der Waals surface area contributed by atoms with Crippen LogP contribution in [-0.4, -0.2) is 30.2 Å². The highest BCUT2D eigenvalue weighted by molar-refractivity contribution is 7.97. The van der Waals surface area contributed by atoms with Gasteiger partial charge in [0.15, 0.2) is 0 Å². The molecule has 0 amide bonds. The van der Waals surface area contributed by atoms with E-state index in [4.69, 9.17) is 4.74 Å². The number of rotatable bonds is 5. The lowest BCUT2D eigenvalue weighted by molar-refractivity contribution is 0.205. The van der Waals surface area contributed by atoms with Crippen LogP contribution in [0.25, 0.3) is 0 Å². The van der Waals surface area contributed by atoms with E-state index in [-0.39, 0.29) is 0 Å². The normalized spacial score (nSPS) is 10.5. The smallest absolute Gasteiger partial charge is 0.203 e. The zero-order valence-corrected chi connectivity index (χ0v) is 9.52.